The Morgan fingerprint density at radius 1 is 1.08 bits per heavy atom. The van der Waals surface area contributed by atoms with Crippen molar-refractivity contribution in [2.45, 2.75) is 44.7 Å². The maximum atomic E-state index is 3.70. The van der Waals surface area contributed by atoms with E-state index >= 15 is 0 Å². The van der Waals surface area contributed by atoms with Crippen LogP contribution >= 0.6 is 0 Å². The summed E-state index contributed by atoms with van der Waals surface area (Å²) in [5.41, 5.74) is 0. The van der Waals surface area contributed by atoms with E-state index in [4.69, 9.17) is 0 Å². The molecule has 0 spiro atoms. The van der Waals surface area contributed by atoms with Crippen LogP contribution in [0.25, 0.3) is 0 Å². The number of hydrogen-bond donors (Lipinski definition) is 0. The van der Waals surface area contributed by atoms with Crippen LogP contribution in [0.4, 0.5) is 0 Å². The van der Waals surface area contributed by atoms with Crippen LogP contribution in [0, 0.1) is 0 Å². The smallest absolute Gasteiger partial charge is 1.00 e. The number of unbranched alkanes of at least 4 members (excludes halogenated alkanes) is 4. The van der Waals surface area contributed by atoms with E-state index in [1.165, 1.54) is 38.1 Å². The van der Waals surface area contributed by atoms with Crippen molar-refractivity contribution < 1.29 is 51.0 Å². The summed E-state index contributed by atoms with van der Waals surface area (Å²) < 4.78 is 0. The first-order chi connectivity index (χ1) is 4.91. The molecule has 4 heteroatoms. The van der Waals surface area contributed by atoms with E-state index in [1.54, 1.807) is 0 Å². The van der Waals surface area contributed by atoms with E-state index in [0.717, 1.165) is 9.52 Å². The maximum absolute atomic E-state index is 3.70. The fraction of sp³-hybridized carbons (Fsp3) is 0.778. The van der Waals surface area contributed by atoms with Crippen molar-refractivity contribution in [2.24, 2.45) is 0 Å². The van der Waals surface area contributed by atoms with Crippen molar-refractivity contribution in [1.82, 2.24) is 0 Å². The summed E-state index contributed by atoms with van der Waals surface area (Å²) >= 11 is 0. The van der Waals surface area contributed by atoms with Gasteiger partial charge in [0.05, 0.1) is 0 Å². The molecular formula is C9H18Cl2SiZr. The number of rotatable bonds is 7. The van der Waals surface area contributed by atoms with Gasteiger partial charge in [-0.25, -0.2) is 0 Å². The van der Waals surface area contributed by atoms with Crippen molar-refractivity contribution in [1.29, 1.82) is 0 Å². The van der Waals surface area contributed by atoms with Crippen molar-refractivity contribution in [2.75, 3.05) is 0 Å². The predicted molar refractivity (Wildman–Crippen MR) is 49.7 cm³/mol. The first kappa shape index (κ1) is 23.9. The molecule has 0 saturated heterocycles. The van der Waals surface area contributed by atoms with Gasteiger partial charge in [-0.3, -0.25) is 0 Å². The normalized spacial score (nSPS) is 7.46. The molecule has 0 heterocycles. The Balaban J connectivity index is -0.000000135. The predicted octanol–water partition coefficient (Wildman–Crippen LogP) is -2.70. The summed E-state index contributed by atoms with van der Waals surface area (Å²) in [5, 5.41) is 0. The van der Waals surface area contributed by atoms with Crippen LogP contribution in [0.5, 0.6) is 0 Å². The Morgan fingerprint density at radius 2 is 1.62 bits per heavy atom. The number of hydrogen-bond acceptors (Lipinski definition) is 0. The monoisotopic (exact) mass is 314 g/mol. The molecule has 0 rings (SSSR count). The van der Waals surface area contributed by atoms with Crippen LogP contribution in [0.1, 0.15) is 32.1 Å². The summed E-state index contributed by atoms with van der Waals surface area (Å²) in [4.78, 5) is 0. The Labute approximate surface area is 117 Å². The molecule has 0 aromatic heterocycles. The molecule has 0 N–H and O–H groups in total. The zero-order valence-electron chi connectivity index (χ0n) is 8.28. The van der Waals surface area contributed by atoms with Gasteiger partial charge in [-0.05, 0) is 12.8 Å². The fourth-order valence-corrected chi connectivity index (χ4v) is 1.55. The molecule has 0 aromatic rings. The Hall–Kier alpha value is 1.42. The third-order valence-electron chi connectivity index (χ3n) is 1.59. The minimum absolute atomic E-state index is 0. The molecule has 0 aliphatic rings. The number of allylic oxidation sites excluding steroid dienone is 1. The second-order valence-electron chi connectivity index (χ2n) is 2.60. The van der Waals surface area contributed by atoms with Gasteiger partial charge in [0.2, 0.25) is 0 Å². The minimum atomic E-state index is 0. The molecule has 0 bridgehead atoms. The van der Waals surface area contributed by atoms with Gasteiger partial charge >= 0.3 is 26.2 Å². The molecule has 0 aromatic carbocycles. The van der Waals surface area contributed by atoms with E-state index in [9.17, 15) is 0 Å². The first-order valence-corrected chi connectivity index (χ1v) is 5.88. The third kappa shape index (κ3) is 24.7. The summed E-state index contributed by atoms with van der Waals surface area (Å²) in [6.07, 6.45) is 8.82. The van der Waals surface area contributed by atoms with Crippen molar-refractivity contribution >= 4 is 9.52 Å². The summed E-state index contributed by atoms with van der Waals surface area (Å²) in [5.74, 6) is 0. The largest absolute Gasteiger partial charge is 2.00 e. The molecule has 0 amide bonds. The Bertz CT molecular complexity index is 82.0. The SMILES string of the molecule is C=CCCCCCC[Si]C.[Cl-].[Cl-].[Zr+2]. The molecule has 0 aliphatic heterocycles. The van der Waals surface area contributed by atoms with Crippen LogP contribution in [0.2, 0.25) is 12.6 Å². The van der Waals surface area contributed by atoms with Gasteiger partial charge in [-0.15, -0.1) is 6.58 Å². The van der Waals surface area contributed by atoms with Gasteiger partial charge in [0.25, 0.3) is 0 Å². The molecular weight excluding hydrogens is 298 g/mol. The molecule has 2 radical (unpaired) electrons. The molecule has 0 atom stereocenters. The topological polar surface area (TPSA) is 0 Å². The van der Waals surface area contributed by atoms with E-state index in [1.807, 2.05) is 6.08 Å². The van der Waals surface area contributed by atoms with Gasteiger partial charge < -0.3 is 24.8 Å². The van der Waals surface area contributed by atoms with Crippen molar-refractivity contribution in [3.8, 4) is 0 Å². The Morgan fingerprint density at radius 3 is 2.08 bits per heavy atom. The van der Waals surface area contributed by atoms with Crippen LogP contribution < -0.4 is 24.8 Å². The van der Waals surface area contributed by atoms with Gasteiger partial charge in [0.1, 0.15) is 0 Å². The first-order valence-electron chi connectivity index (χ1n) is 4.17. The van der Waals surface area contributed by atoms with Crippen molar-refractivity contribution in [3.05, 3.63) is 12.7 Å². The van der Waals surface area contributed by atoms with Crippen LogP contribution in [0.15, 0.2) is 12.7 Å². The third-order valence-corrected chi connectivity index (χ3v) is 2.44. The van der Waals surface area contributed by atoms with E-state index in [0.29, 0.717) is 0 Å². The van der Waals surface area contributed by atoms with E-state index < -0.39 is 0 Å². The maximum Gasteiger partial charge on any atom is 2.00 e. The van der Waals surface area contributed by atoms with Crippen molar-refractivity contribution in [3.63, 3.8) is 0 Å². The summed E-state index contributed by atoms with van der Waals surface area (Å²) in [6, 6.07) is 1.44. The van der Waals surface area contributed by atoms with E-state index in [2.05, 4.69) is 13.1 Å². The fourth-order valence-electron chi connectivity index (χ4n) is 0.944. The molecule has 0 nitrogen and oxygen atoms in total. The van der Waals surface area contributed by atoms with Gasteiger partial charge in [0, 0.05) is 9.52 Å². The quantitative estimate of drug-likeness (QED) is 0.272. The Kier molecular flexibility index (Phi) is 42.9. The van der Waals surface area contributed by atoms with Gasteiger partial charge in [-0.2, -0.15) is 0 Å². The number of halogens is 2. The second-order valence-corrected chi connectivity index (χ2v) is 3.80. The summed E-state index contributed by atoms with van der Waals surface area (Å²) in [7, 11) is 1.15. The van der Waals surface area contributed by atoms with Crippen LogP contribution in [-0.2, 0) is 26.2 Å². The van der Waals surface area contributed by atoms with Crippen LogP contribution in [-0.4, -0.2) is 9.52 Å². The van der Waals surface area contributed by atoms with Crippen LogP contribution in [0.3, 0.4) is 0 Å². The molecule has 76 valence electrons. The standard InChI is InChI=1S/C9H18Si.2ClH.Zr/c1-3-4-5-6-7-8-9-10-2;;;/h3H,1,4-9H2,2H3;2*1H;/q;;;+2/p-2. The molecule has 0 fully saturated rings. The second kappa shape index (κ2) is 23.3. The summed E-state index contributed by atoms with van der Waals surface area (Å²) in [6.45, 7) is 5.98. The van der Waals surface area contributed by atoms with E-state index in [-0.39, 0.29) is 51.0 Å². The average Bonchev–Trinajstić information content (AvgIpc) is 1.97. The van der Waals surface area contributed by atoms with Gasteiger partial charge in [0.15, 0.2) is 0 Å². The zero-order chi connectivity index (χ0) is 7.66. The minimum Gasteiger partial charge on any atom is -1.00 e. The molecule has 0 aliphatic carbocycles. The zero-order valence-corrected chi connectivity index (χ0v) is 13.3. The molecule has 13 heavy (non-hydrogen) atoms. The molecule has 0 unspecified atom stereocenters. The molecule has 0 saturated carbocycles. The average molecular weight is 316 g/mol. The van der Waals surface area contributed by atoms with Gasteiger partial charge in [-0.1, -0.05) is 37.9 Å².